The quantitative estimate of drug-likeness (QED) is 0.295. The van der Waals surface area contributed by atoms with Crippen LogP contribution < -0.4 is 9.47 Å². The van der Waals surface area contributed by atoms with E-state index in [-0.39, 0.29) is 30.7 Å². The van der Waals surface area contributed by atoms with Crippen molar-refractivity contribution in [1.82, 2.24) is 10.1 Å². The highest BCUT2D eigenvalue weighted by Crippen LogP contribution is 2.33. The Balaban J connectivity index is 1.27. The molecule has 0 saturated carbocycles. The molecule has 0 fully saturated rings. The van der Waals surface area contributed by atoms with Gasteiger partial charge >= 0.3 is 12.1 Å². The third-order valence-electron chi connectivity index (χ3n) is 4.45. The van der Waals surface area contributed by atoms with Crippen LogP contribution in [0.1, 0.15) is 23.9 Å². The van der Waals surface area contributed by atoms with Crippen LogP contribution in [0.4, 0.5) is 13.2 Å². The van der Waals surface area contributed by atoms with Crippen LogP contribution in [0.3, 0.4) is 0 Å². The number of carbonyl (C=O) groups excluding carboxylic acids is 1. The molecule has 0 amide bonds. The van der Waals surface area contributed by atoms with Gasteiger partial charge in [-0.1, -0.05) is 22.4 Å². The predicted molar refractivity (Wildman–Crippen MR) is 105 cm³/mol. The van der Waals surface area contributed by atoms with Gasteiger partial charge in [0.05, 0.1) is 11.3 Å². The molecule has 2 aromatic carbocycles. The Hall–Kier alpha value is -4.09. The number of hydrogen-bond acceptors (Lipinski definition) is 9. The number of hydrogen-bond donors (Lipinski definition) is 0. The van der Waals surface area contributed by atoms with E-state index in [4.69, 9.17) is 23.6 Å². The molecule has 9 nitrogen and oxygen atoms in total. The van der Waals surface area contributed by atoms with Gasteiger partial charge < -0.3 is 23.6 Å². The van der Waals surface area contributed by atoms with Gasteiger partial charge in [-0.3, -0.25) is 0 Å². The third-order valence-corrected chi connectivity index (χ3v) is 4.45. The van der Waals surface area contributed by atoms with E-state index >= 15 is 0 Å². The van der Waals surface area contributed by atoms with Crippen molar-refractivity contribution in [1.29, 1.82) is 0 Å². The standard InChI is InChI=1S/C21H16F3N3O6/c1-12(13-5-6-16-17(8-13)31-11-30-16)26-32-10-19(28)29-9-18-25-20(27-33-18)14-3-2-4-15(7-14)21(22,23)24/h2-8H,9-11H2,1H3/b26-12-. The molecular weight excluding hydrogens is 447 g/mol. The topological polar surface area (TPSA) is 105 Å². The number of carbonyl (C=O) groups is 1. The highest BCUT2D eigenvalue weighted by molar-refractivity contribution is 5.99. The van der Waals surface area contributed by atoms with E-state index in [0.717, 1.165) is 17.7 Å². The number of aromatic nitrogens is 2. The Bertz CT molecular complexity index is 1190. The summed E-state index contributed by atoms with van der Waals surface area (Å²) in [7, 11) is 0. The number of rotatable bonds is 7. The van der Waals surface area contributed by atoms with E-state index in [9.17, 15) is 18.0 Å². The van der Waals surface area contributed by atoms with E-state index in [1.807, 2.05) is 0 Å². The zero-order chi connectivity index (χ0) is 23.4. The molecule has 0 aliphatic carbocycles. The lowest BCUT2D eigenvalue weighted by Crippen LogP contribution is -2.11. The highest BCUT2D eigenvalue weighted by Gasteiger charge is 2.30. The van der Waals surface area contributed by atoms with Crippen LogP contribution in [0.5, 0.6) is 11.5 Å². The minimum atomic E-state index is -4.50. The maximum Gasteiger partial charge on any atom is 0.416 e. The fourth-order valence-electron chi connectivity index (χ4n) is 2.81. The van der Waals surface area contributed by atoms with Crippen molar-refractivity contribution in [2.45, 2.75) is 19.7 Å². The second kappa shape index (κ2) is 9.18. The molecule has 3 aromatic rings. The van der Waals surface area contributed by atoms with E-state index in [1.165, 1.54) is 12.1 Å². The van der Waals surface area contributed by atoms with Crippen LogP contribution in [-0.4, -0.2) is 35.2 Å². The summed E-state index contributed by atoms with van der Waals surface area (Å²) in [6.07, 6.45) is -4.50. The number of esters is 1. The summed E-state index contributed by atoms with van der Waals surface area (Å²) in [5, 5.41) is 7.48. The first-order valence-electron chi connectivity index (χ1n) is 9.52. The molecule has 0 bridgehead atoms. The SMILES string of the molecule is C/C(=N/OCC(=O)OCc1nc(-c2cccc(C(F)(F)F)c2)no1)c1ccc2c(c1)OCO2. The second-order valence-electron chi connectivity index (χ2n) is 6.77. The summed E-state index contributed by atoms with van der Waals surface area (Å²) in [4.78, 5) is 20.8. The van der Waals surface area contributed by atoms with Crippen molar-refractivity contribution in [3.05, 3.63) is 59.5 Å². The predicted octanol–water partition coefficient (Wildman–Crippen LogP) is 3.97. The minimum absolute atomic E-state index is 0.0626. The molecule has 0 saturated heterocycles. The Morgan fingerprint density at radius 1 is 1.15 bits per heavy atom. The molecule has 0 radical (unpaired) electrons. The Morgan fingerprint density at radius 3 is 2.79 bits per heavy atom. The number of alkyl halides is 3. The van der Waals surface area contributed by atoms with E-state index in [2.05, 4.69) is 15.3 Å². The molecule has 33 heavy (non-hydrogen) atoms. The number of nitrogens with zero attached hydrogens (tertiary/aromatic N) is 3. The minimum Gasteiger partial charge on any atom is -0.454 e. The summed E-state index contributed by atoms with van der Waals surface area (Å²) in [6.45, 7) is 0.991. The number of ether oxygens (including phenoxy) is 3. The zero-order valence-corrected chi connectivity index (χ0v) is 17.1. The van der Waals surface area contributed by atoms with Gasteiger partial charge in [0.15, 0.2) is 18.1 Å². The van der Waals surface area contributed by atoms with E-state index in [1.54, 1.807) is 25.1 Å². The number of oxime groups is 1. The monoisotopic (exact) mass is 463 g/mol. The van der Waals surface area contributed by atoms with Crippen molar-refractivity contribution >= 4 is 11.7 Å². The van der Waals surface area contributed by atoms with Crippen LogP contribution in [0, 0.1) is 0 Å². The van der Waals surface area contributed by atoms with Crippen molar-refractivity contribution in [2.75, 3.05) is 13.4 Å². The van der Waals surface area contributed by atoms with Crippen molar-refractivity contribution in [2.24, 2.45) is 5.16 Å². The molecule has 0 N–H and O–H groups in total. The highest BCUT2D eigenvalue weighted by atomic mass is 19.4. The molecule has 12 heteroatoms. The molecule has 172 valence electrons. The number of fused-ring (bicyclic) bond motifs is 1. The Labute approximate surface area is 184 Å². The van der Waals surface area contributed by atoms with Gasteiger partial charge in [0.2, 0.25) is 19.2 Å². The van der Waals surface area contributed by atoms with Gasteiger partial charge in [0.25, 0.3) is 5.89 Å². The van der Waals surface area contributed by atoms with Gasteiger partial charge in [-0.15, -0.1) is 0 Å². The van der Waals surface area contributed by atoms with Gasteiger partial charge in [-0.05, 0) is 37.3 Å². The zero-order valence-electron chi connectivity index (χ0n) is 17.1. The van der Waals surface area contributed by atoms with Crippen molar-refractivity contribution in [3.8, 4) is 22.9 Å². The summed E-state index contributed by atoms with van der Waals surface area (Å²) in [5.74, 6) is 0.318. The van der Waals surface area contributed by atoms with Gasteiger partial charge in [-0.25, -0.2) is 4.79 Å². The lowest BCUT2D eigenvalue weighted by atomic mass is 10.1. The summed E-state index contributed by atoms with van der Waals surface area (Å²) < 4.78 is 58.9. The lowest BCUT2D eigenvalue weighted by Gasteiger charge is -2.06. The number of halogens is 3. The van der Waals surface area contributed by atoms with Crippen molar-refractivity contribution in [3.63, 3.8) is 0 Å². The largest absolute Gasteiger partial charge is 0.454 e. The Kier molecular flexibility index (Phi) is 6.16. The normalized spacial score (nSPS) is 13.2. The molecule has 1 aromatic heterocycles. The summed E-state index contributed by atoms with van der Waals surface area (Å²) in [6, 6.07) is 9.72. The smallest absolute Gasteiger partial charge is 0.416 e. The van der Waals surface area contributed by atoms with Crippen LogP contribution in [0.2, 0.25) is 0 Å². The first-order chi connectivity index (χ1) is 15.8. The Morgan fingerprint density at radius 2 is 1.97 bits per heavy atom. The molecular formula is C21H16F3N3O6. The fraction of sp³-hybridized carbons (Fsp3) is 0.238. The van der Waals surface area contributed by atoms with Gasteiger partial charge in [0.1, 0.15) is 0 Å². The van der Waals surface area contributed by atoms with E-state index in [0.29, 0.717) is 17.2 Å². The molecule has 0 unspecified atom stereocenters. The maximum atomic E-state index is 12.8. The summed E-state index contributed by atoms with van der Waals surface area (Å²) >= 11 is 0. The van der Waals surface area contributed by atoms with Crippen LogP contribution >= 0.6 is 0 Å². The summed E-state index contributed by atoms with van der Waals surface area (Å²) in [5.41, 5.74) is 0.499. The van der Waals surface area contributed by atoms with Crippen LogP contribution in [-0.2, 0) is 27.2 Å². The molecule has 1 aliphatic rings. The number of benzene rings is 2. The molecule has 0 atom stereocenters. The van der Waals surface area contributed by atoms with E-state index < -0.39 is 24.3 Å². The fourth-order valence-corrected chi connectivity index (χ4v) is 2.81. The molecule has 4 rings (SSSR count). The molecule has 2 heterocycles. The second-order valence-corrected chi connectivity index (χ2v) is 6.77. The van der Waals surface area contributed by atoms with Crippen LogP contribution in [0.25, 0.3) is 11.4 Å². The third kappa shape index (κ3) is 5.40. The molecule has 1 aliphatic heterocycles. The van der Waals surface area contributed by atoms with Gasteiger partial charge in [-0.2, -0.15) is 18.2 Å². The average Bonchev–Trinajstić information content (AvgIpc) is 3.46. The average molecular weight is 463 g/mol. The first-order valence-corrected chi connectivity index (χ1v) is 9.52. The van der Waals surface area contributed by atoms with Gasteiger partial charge in [0, 0.05) is 11.1 Å². The molecule has 0 spiro atoms. The lowest BCUT2D eigenvalue weighted by molar-refractivity contribution is -0.151. The van der Waals surface area contributed by atoms with Crippen LogP contribution in [0.15, 0.2) is 52.1 Å². The van der Waals surface area contributed by atoms with Crippen molar-refractivity contribution < 1.29 is 41.5 Å². The first kappa shape index (κ1) is 22.1. The maximum absolute atomic E-state index is 12.8.